The molecule has 0 amide bonds. The highest BCUT2D eigenvalue weighted by Crippen LogP contribution is 2.36. The largest absolute Gasteiger partial charge is 0.508 e. The zero-order valence-electron chi connectivity index (χ0n) is 8.29. The lowest BCUT2D eigenvalue weighted by Crippen LogP contribution is -2.08. The number of benzene rings is 1. The van der Waals surface area contributed by atoms with E-state index in [1.165, 1.54) is 0 Å². The molecule has 14 heavy (non-hydrogen) atoms. The van der Waals surface area contributed by atoms with Gasteiger partial charge in [0.15, 0.2) is 0 Å². The Morgan fingerprint density at radius 2 is 2.36 bits per heavy atom. The summed E-state index contributed by atoms with van der Waals surface area (Å²) in [6.07, 6.45) is 1.06. The van der Waals surface area contributed by atoms with Crippen molar-refractivity contribution in [3.8, 4) is 11.5 Å². The summed E-state index contributed by atoms with van der Waals surface area (Å²) in [5.74, 6) is 1.52. The molecule has 0 aliphatic carbocycles. The molecular formula is C11H15NO2. The predicted molar refractivity (Wildman–Crippen MR) is 54.9 cm³/mol. The average Bonchev–Trinajstić information content (AvgIpc) is 2.70. The van der Waals surface area contributed by atoms with Crippen molar-refractivity contribution in [2.75, 3.05) is 20.2 Å². The first kappa shape index (κ1) is 9.34. The van der Waals surface area contributed by atoms with Crippen molar-refractivity contribution in [2.45, 2.75) is 12.3 Å². The lowest BCUT2D eigenvalue weighted by atomic mass is 9.96. The Bertz CT molecular complexity index is 319. The number of phenolic OH excluding ortho intramolecular Hbond substituents is 1. The molecule has 1 aliphatic heterocycles. The molecule has 0 radical (unpaired) electrons. The molecule has 1 aromatic rings. The number of phenols is 1. The first-order valence-electron chi connectivity index (χ1n) is 4.89. The topological polar surface area (TPSA) is 41.5 Å². The summed E-state index contributed by atoms with van der Waals surface area (Å²) in [6.45, 7) is 1.94. The van der Waals surface area contributed by atoms with Crippen molar-refractivity contribution in [1.29, 1.82) is 0 Å². The summed E-state index contributed by atoms with van der Waals surface area (Å²) in [7, 11) is 1.64. The Morgan fingerprint density at radius 3 is 3.00 bits per heavy atom. The van der Waals surface area contributed by atoms with Gasteiger partial charge in [-0.15, -0.1) is 0 Å². The first-order valence-corrected chi connectivity index (χ1v) is 4.89. The summed E-state index contributed by atoms with van der Waals surface area (Å²) in [4.78, 5) is 0. The van der Waals surface area contributed by atoms with Crippen LogP contribution in [-0.2, 0) is 0 Å². The number of methoxy groups -OCH3 is 1. The molecular weight excluding hydrogens is 178 g/mol. The fourth-order valence-electron chi connectivity index (χ4n) is 2.02. The molecule has 76 valence electrons. The van der Waals surface area contributed by atoms with Gasteiger partial charge in [-0.25, -0.2) is 0 Å². The van der Waals surface area contributed by atoms with E-state index in [0.29, 0.717) is 11.7 Å². The zero-order chi connectivity index (χ0) is 9.97. The standard InChI is InChI=1S/C11H15NO2/c1-14-10-4-2-3-9(13)11(10)8-5-6-12-7-8/h2-4,8,12-13H,5-7H2,1H3. The van der Waals surface area contributed by atoms with Crippen LogP contribution in [0.25, 0.3) is 0 Å². The number of nitrogens with one attached hydrogen (secondary N) is 1. The summed E-state index contributed by atoms with van der Waals surface area (Å²) in [6, 6.07) is 5.42. The SMILES string of the molecule is COc1cccc(O)c1C1CCNC1. The number of ether oxygens (including phenoxy) is 1. The summed E-state index contributed by atoms with van der Waals surface area (Å²) in [5.41, 5.74) is 0.944. The third-order valence-corrected chi connectivity index (χ3v) is 2.73. The van der Waals surface area contributed by atoms with Gasteiger partial charge in [0.2, 0.25) is 0 Å². The quantitative estimate of drug-likeness (QED) is 0.747. The fraction of sp³-hybridized carbons (Fsp3) is 0.455. The molecule has 0 spiro atoms. The number of aromatic hydroxyl groups is 1. The Labute approximate surface area is 83.7 Å². The van der Waals surface area contributed by atoms with E-state index in [4.69, 9.17) is 4.74 Å². The van der Waals surface area contributed by atoms with Crippen LogP contribution in [-0.4, -0.2) is 25.3 Å². The van der Waals surface area contributed by atoms with Gasteiger partial charge in [-0.1, -0.05) is 6.07 Å². The molecule has 2 N–H and O–H groups in total. The van der Waals surface area contributed by atoms with Crippen LogP contribution in [0.4, 0.5) is 0 Å². The second kappa shape index (κ2) is 3.88. The van der Waals surface area contributed by atoms with E-state index in [1.54, 1.807) is 19.2 Å². The molecule has 0 bridgehead atoms. The smallest absolute Gasteiger partial charge is 0.126 e. The minimum Gasteiger partial charge on any atom is -0.508 e. The highest BCUT2D eigenvalue weighted by molar-refractivity contribution is 5.46. The lowest BCUT2D eigenvalue weighted by Gasteiger charge is -2.15. The van der Waals surface area contributed by atoms with Gasteiger partial charge in [0, 0.05) is 18.0 Å². The molecule has 0 aromatic heterocycles. The summed E-state index contributed by atoms with van der Waals surface area (Å²) < 4.78 is 5.25. The Morgan fingerprint density at radius 1 is 1.50 bits per heavy atom. The van der Waals surface area contributed by atoms with Gasteiger partial charge in [-0.2, -0.15) is 0 Å². The summed E-state index contributed by atoms with van der Waals surface area (Å²) >= 11 is 0. The van der Waals surface area contributed by atoms with Crippen LogP contribution in [0.15, 0.2) is 18.2 Å². The number of hydrogen-bond acceptors (Lipinski definition) is 3. The maximum Gasteiger partial charge on any atom is 0.126 e. The minimum atomic E-state index is 0.345. The van der Waals surface area contributed by atoms with E-state index in [0.717, 1.165) is 30.8 Å². The van der Waals surface area contributed by atoms with Gasteiger partial charge < -0.3 is 15.2 Å². The Kier molecular flexibility index (Phi) is 2.59. The van der Waals surface area contributed by atoms with Crippen molar-refractivity contribution >= 4 is 0 Å². The van der Waals surface area contributed by atoms with Gasteiger partial charge in [0.05, 0.1) is 7.11 Å². The molecule has 1 heterocycles. The predicted octanol–water partition coefficient (Wildman–Crippen LogP) is 1.48. The third kappa shape index (κ3) is 1.55. The van der Waals surface area contributed by atoms with Gasteiger partial charge in [0.1, 0.15) is 11.5 Å². The second-order valence-electron chi connectivity index (χ2n) is 3.58. The molecule has 3 heteroatoms. The maximum absolute atomic E-state index is 9.78. The van der Waals surface area contributed by atoms with E-state index >= 15 is 0 Å². The van der Waals surface area contributed by atoms with Crippen molar-refractivity contribution < 1.29 is 9.84 Å². The molecule has 1 fully saturated rings. The Balaban J connectivity index is 2.37. The lowest BCUT2D eigenvalue weighted by molar-refractivity contribution is 0.394. The highest BCUT2D eigenvalue weighted by atomic mass is 16.5. The molecule has 1 atom stereocenters. The molecule has 1 unspecified atom stereocenters. The van der Waals surface area contributed by atoms with E-state index < -0.39 is 0 Å². The average molecular weight is 193 g/mol. The van der Waals surface area contributed by atoms with Gasteiger partial charge in [-0.05, 0) is 25.1 Å². The van der Waals surface area contributed by atoms with E-state index in [9.17, 15) is 5.11 Å². The van der Waals surface area contributed by atoms with Crippen molar-refractivity contribution in [1.82, 2.24) is 5.32 Å². The summed E-state index contributed by atoms with van der Waals surface area (Å²) in [5, 5.41) is 13.1. The van der Waals surface area contributed by atoms with E-state index in [-0.39, 0.29) is 0 Å². The monoisotopic (exact) mass is 193 g/mol. The first-order chi connectivity index (χ1) is 6.83. The number of rotatable bonds is 2. The van der Waals surface area contributed by atoms with Crippen LogP contribution in [0.2, 0.25) is 0 Å². The minimum absolute atomic E-state index is 0.345. The Hall–Kier alpha value is -1.22. The van der Waals surface area contributed by atoms with Crippen LogP contribution in [0.3, 0.4) is 0 Å². The molecule has 1 saturated heterocycles. The highest BCUT2D eigenvalue weighted by Gasteiger charge is 2.22. The molecule has 3 nitrogen and oxygen atoms in total. The second-order valence-corrected chi connectivity index (χ2v) is 3.58. The molecule has 2 rings (SSSR count). The van der Waals surface area contributed by atoms with Gasteiger partial charge in [-0.3, -0.25) is 0 Å². The van der Waals surface area contributed by atoms with Crippen LogP contribution in [0, 0.1) is 0 Å². The van der Waals surface area contributed by atoms with Crippen LogP contribution in [0.1, 0.15) is 17.9 Å². The van der Waals surface area contributed by atoms with Crippen molar-refractivity contribution in [3.05, 3.63) is 23.8 Å². The van der Waals surface area contributed by atoms with Crippen molar-refractivity contribution in [2.24, 2.45) is 0 Å². The van der Waals surface area contributed by atoms with E-state index in [2.05, 4.69) is 5.32 Å². The maximum atomic E-state index is 9.78. The third-order valence-electron chi connectivity index (χ3n) is 2.73. The molecule has 1 aromatic carbocycles. The van der Waals surface area contributed by atoms with Crippen LogP contribution in [0.5, 0.6) is 11.5 Å². The zero-order valence-corrected chi connectivity index (χ0v) is 8.29. The van der Waals surface area contributed by atoms with E-state index in [1.807, 2.05) is 6.07 Å². The molecule has 0 saturated carbocycles. The van der Waals surface area contributed by atoms with Crippen LogP contribution < -0.4 is 10.1 Å². The number of hydrogen-bond donors (Lipinski definition) is 2. The molecule has 1 aliphatic rings. The normalized spacial score (nSPS) is 21.1. The van der Waals surface area contributed by atoms with Gasteiger partial charge >= 0.3 is 0 Å². The van der Waals surface area contributed by atoms with Crippen LogP contribution >= 0.6 is 0 Å². The van der Waals surface area contributed by atoms with Gasteiger partial charge in [0.25, 0.3) is 0 Å². The van der Waals surface area contributed by atoms with Crippen molar-refractivity contribution in [3.63, 3.8) is 0 Å². The fourth-order valence-corrected chi connectivity index (χ4v) is 2.02.